The summed E-state index contributed by atoms with van der Waals surface area (Å²) in [7, 11) is 1.30. The van der Waals surface area contributed by atoms with Gasteiger partial charge in [0.05, 0.1) is 25.0 Å². The Morgan fingerprint density at radius 1 is 1.03 bits per heavy atom. The molecule has 4 aromatic rings. The van der Waals surface area contributed by atoms with E-state index in [1.54, 1.807) is 41.4 Å². The average Bonchev–Trinajstić information content (AvgIpc) is 3.28. The highest BCUT2D eigenvalue weighted by Crippen LogP contribution is 2.36. The predicted molar refractivity (Wildman–Crippen MR) is 138 cm³/mol. The lowest BCUT2D eigenvalue weighted by molar-refractivity contribution is 0.0601. The number of rotatable bonds is 7. The summed E-state index contributed by atoms with van der Waals surface area (Å²) in [6.45, 7) is 5.71. The van der Waals surface area contributed by atoms with Crippen LogP contribution in [-0.2, 0) is 4.74 Å². The third kappa shape index (κ3) is 5.07. The largest absolute Gasteiger partial charge is 0.505 e. The summed E-state index contributed by atoms with van der Waals surface area (Å²) in [6, 6.07) is 12.4. The number of hydrogen-bond donors (Lipinski definition) is 4. The van der Waals surface area contributed by atoms with Gasteiger partial charge in [0.2, 0.25) is 5.95 Å². The number of methoxy groups -OCH3 is 1. The molecule has 0 bridgehead atoms. The van der Waals surface area contributed by atoms with Crippen molar-refractivity contribution in [1.29, 1.82) is 0 Å². The molecule has 0 saturated carbocycles. The molecule has 4 N–H and O–H groups in total. The second-order valence-electron chi connectivity index (χ2n) is 9.09. The van der Waals surface area contributed by atoms with E-state index in [9.17, 15) is 14.7 Å². The van der Waals surface area contributed by atoms with Crippen LogP contribution in [0, 0.1) is 0 Å². The number of fused-ring (bicyclic) bond motifs is 1. The summed E-state index contributed by atoms with van der Waals surface area (Å²) in [4.78, 5) is 33.8. The van der Waals surface area contributed by atoms with E-state index in [0.29, 0.717) is 23.0 Å². The van der Waals surface area contributed by atoms with E-state index in [1.807, 2.05) is 45.0 Å². The number of amides is 1. The number of nitrogens with zero attached hydrogens (tertiary/aromatic N) is 3. The molecule has 0 aliphatic carbocycles. The predicted octanol–water partition coefficient (Wildman–Crippen LogP) is 3.92. The highest BCUT2D eigenvalue weighted by Gasteiger charge is 2.22. The molecule has 0 unspecified atom stereocenters. The summed E-state index contributed by atoms with van der Waals surface area (Å²) in [6.07, 6.45) is 4.86. The van der Waals surface area contributed by atoms with Crippen LogP contribution in [0.15, 0.2) is 61.1 Å². The van der Waals surface area contributed by atoms with Gasteiger partial charge in [0.15, 0.2) is 5.75 Å². The number of aromatic nitrogens is 3. The number of nitrogens with one attached hydrogen (secondary N) is 3. The maximum absolute atomic E-state index is 12.9. The monoisotopic (exact) mass is 488 g/mol. The van der Waals surface area contributed by atoms with Crippen molar-refractivity contribution in [2.45, 2.75) is 26.3 Å². The lowest BCUT2D eigenvalue weighted by atomic mass is 10.0. The lowest BCUT2D eigenvalue weighted by Crippen LogP contribution is -2.40. The minimum Gasteiger partial charge on any atom is -0.505 e. The highest BCUT2D eigenvalue weighted by atomic mass is 16.5. The maximum Gasteiger partial charge on any atom is 0.341 e. The molecule has 36 heavy (non-hydrogen) atoms. The fraction of sp³-hybridized carbons (Fsp3) is 0.231. The Hall–Kier alpha value is -4.60. The van der Waals surface area contributed by atoms with Crippen LogP contribution >= 0.6 is 0 Å². The van der Waals surface area contributed by atoms with Crippen LogP contribution in [0.1, 0.15) is 41.5 Å². The van der Waals surface area contributed by atoms with Crippen LogP contribution in [0.25, 0.3) is 16.7 Å². The van der Waals surface area contributed by atoms with Crippen molar-refractivity contribution in [3.05, 3.63) is 72.2 Å². The molecule has 0 radical (unpaired) electrons. The van der Waals surface area contributed by atoms with Gasteiger partial charge in [-0.3, -0.25) is 9.36 Å². The van der Waals surface area contributed by atoms with Crippen molar-refractivity contribution in [2.24, 2.45) is 0 Å². The number of hydrogen-bond acceptors (Lipinski definition) is 8. The van der Waals surface area contributed by atoms with E-state index in [4.69, 9.17) is 4.74 Å². The van der Waals surface area contributed by atoms with Crippen LogP contribution < -0.4 is 16.0 Å². The molecule has 10 heteroatoms. The maximum atomic E-state index is 12.9. The normalized spacial score (nSPS) is 11.2. The summed E-state index contributed by atoms with van der Waals surface area (Å²) < 4.78 is 6.54. The van der Waals surface area contributed by atoms with Crippen molar-refractivity contribution >= 4 is 34.2 Å². The fourth-order valence-corrected chi connectivity index (χ4v) is 3.78. The number of benzene rings is 2. The van der Waals surface area contributed by atoms with E-state index in [0.717, 1.165) is 10.8 Å². The van der Waals surface area contributed by atoms with Gasteiger partial charge in [-0.1, -0.05) is 24.3 Å². The number of carbonyl (C=O) groups is 2. The summed E-state index contributed by atoms with van der Waals surface area (Å²) >= 11 is 0. The molecule has 0 fully saturated rings. The molecular weight excluding hydrogens is 460 g/mol. The van der Waals surface area contributed by atoms with Crippen LogP contribution in [0.3, 0.4) is 0 Å². The molecule has 2 aromatic heterocycles. The van der Waals surface area contributed by atoms with Gasteiger partial charge in [0.1, 0.15) is 11.4 Å². The van der Waals surface area contributed by atoms with Crippen LogP contribution in [-0.4, -0.2) is 50.8 Å². The lowest BCUT2D eigenvalue weighted by Gasteiger charge is -2.22. The molecule has 0 aliphatic heterocycles. The Kier molecular flexibility index (Phi) is 6.77. The number of phenolic OH excluding ortho intramolecular Hbond substituents is 1. The Bertz CT molecular complexity index is 1410. The Balaban J connectivity index is 1.67. The summed E-state index contributed by atoms with van der Waals surface area (Å²) in [5.41, 5.74) is 0.356. The topological polar surface area (TPSA) is 130 Å². The van der Waals surface area contributed by atoms with Gasteiger partial charge >= 0.3 is 5.97 Å². The van der Waals surface area contributed by atoms with E-state index in [-0.39, 0.29) is 23.9 Å². The number of ether oxygens (including phenoxy) is 1. The van der Waals surface area contributed by atoms with E-state index in [2.05, 4.69) is 25.9 Å². The Morgan fingerprint density at radius 3 is 2.44 bits per heavy atom. The molecule has 186 valence electrons. The van der Waals surface area contributed by atoms with E-state index >= 15 is 0 Å². The number of esters is 1. The van der Waals surface area contributed by atoms with Crippen molar-refractivity contribution < 1.29 is 19.4 Å². The summed E-state index contributed by atoms with van der Waals surface area (Å²) in [5.74, 6) is -0.311. The van der Waals surface area contributed by atoms with Crippen LogP contribution in [0.2, 0.25) is 0 Å². The average molecular weight is 489 g/mol. The second-order valence-corrected chi connectivity index (χ2v) is 9.09. The van der Waals surface area contributed by atoms with Gasteiger partial charge in [0.25, 0.3) is 5.91 Å². The first kappa shape index (κ1) is 24.5. The quantitative estimate of drug-likeness (QED) is 0.175. The molecule has 0 atom stereocenters. The van der Waals surface area contributed by atoms with Gasteiger partial charge in [-0.15, -0.1) is 0 Å². The second kappa shape index (κ2) is 9.95. The van der Waals surface area contributed by atoms with Gasteiger partial charge in [-0.2, -0.15) is 0 Å². The standard InChI is InChI=1S/C26H28N6O4/c1-26(2,3)31-23(34)19-14-16-8-5-6-9-17(16)20(21(19)33)29-15-30-22-18(24(35)36-4)10-13-32(22)25-27-11-7-12-28-25/h5-14,29-30,33H,15H2,1-4H3,(H,31,34). The molecule has 0 aliphatic rings. The first-order valence-corrected chi connectivity index (χ1v) is 11.3. The van der Waals surface area contributed by atoms with Gasteiger partial charge in [-0.05, 0) is 44.4 Å². The first-order chi connectivity index (χ1) is 17.2. The SMILES string of the molecule is COC(=O)c1ccn(-c2ncccn2)c1NCNc1c(O)c(C(=O)NC(C)(C)C)cc2ccccc12. The van der Waals surface area contributed by atoms with E-state index in [1.165, 1.54) is 7.11 Å². The highest BCUT2D eigenvalue weighted by molar-refractivity contribution is 6.07. The Labute approximate surface area is 208 Å². The van der Waals surface area contributed by atoms with Crippen LogP contribution in [0.4, 0.5) is 11.5 Å². The molecule has 2 heterocycles. The molecular formula is C26H28N6O4. The molecule has 1 amide bonds. The first-order valence-electron chi connectivity index (χ1n) is 11.3. The molecule has 4 rings (SSSR count). The molecule has 0 spiro atoms. The molecule has 10 nitrogen and oxygen atoms in total. The van der Waals surface area contributed by atoms with Crippen molar-refractivity contribution in [2.75, 3.05) is 24.4 Å². The van der Waals surface area contributed by atoms with Crippen LogP contribution in [0.5, 0.6) is 5.75 Å². The third-order valence-electron chi connectivity index (χ3n) is 5.34. The Morgan fingerprint density at radius 2 is 1.75 bits per heavy atom. The van der Waals surface area contributed by atoms with Gasteiger partial charge in [-0.25, -0.2) is 14.8 Å². The van der Waals surface area contributed by atoms with Crippen molar-refractivity contribution in [1.82, 2.24) is 19.9 Å². The zero-order valence-corrected chi connectivity index (χ0v) is 20.5. The van der Waals surface area contributed by atoms with Crippen molar-refractivity contribution in [3.8, 4) is 11.7 Å². The number of aromatic hydroxyl groups is 1. The fourth-order valence-electron chi connectivity index (χ4n) is 3.78. The van der Waals surface area contributed by atoms with Gasteiger partial charge < -0.3 is 25.8 Å². The number of phenols is 1. The zero-order valence-electron chi connectivity index (χ0n) is 20.5. The van der Waals surface area contributed by atoms with E-state index < -0.39 is 11.5 Å². The smallest absolute Gasteiger partial charge is 0.341 e. The number of anilines is 2. The minimum absolute atomic E-state index is 0.0999. The van der Waals surface area contributed by atoms with Gasteiger partial charge in [0, 0.05) is 29.5 Å². The number of carbonyl (C=O) groups excluding carboxylic acids is 2. The minimum atomic E-state index is -0.527. The molecule has 2 aromatic carbocycles. The van der Waals surface area contributed by atoms with Crippen molar-refractivity contribution in [3.63, 3.8) is 0 Å². The third-order valence-corrected chi connectivity index (χ3v) is 5.34. The summed E-state index contributed by atoms with van der Waals surface area (Å²) in [5, 5.41) is 21.8. The zero-order chi connectivity index (χ0) is 25.9. The molecule has 0 saturated heterocycles.